The summed E-state index contributed by atoms with van der Waals surface area (Å²) in [6, 6.07) is 3.20. The Morgan fingerprint density at radius 2 is 1.64 bits per heavy atom. The van der Waals surface area contributed by atoms with E-state index in [1.807, 2.05) is 6.92 Å². The van der Waals surface area contributed by atoms with Gasteiger partial charge in [-0.1, -0.05) is 0 Å². The molecule has 1 heterocycles. The summed E-state index contributed by atoms with van der Waals surface area (Å²) in [5, 5.41) is 0. The Morgan fingerprint density at radius 3 is 2.05 bits per heavy atom. The number of hydrogen-bond acceptors (Lipinski definition) is 7. The van der Waals surface area contributed by atoms with E-state index in [9.17, 15) is 9.59 Å². The Morgan fingerprint density at radius 1 is 1.05 bits per heavy atom. The van der Waals surface area contributed by atoms with Crippen LogP contribution in [0.5, 0.6) is 5.88 Å². The maximum atomic E-state index is 11.9. The second kappa shape index (κ2) is 8.66. The Hall–Kier alpha value is -2.57. The van der Waals surface area contributed by atoms with Gasteiger partial charge < -0.3 is 19.9 Å². The zero-order chi connectivity index (χ0) is 16.5. The molecule has 0 aliphatic carbocycles. The number of ether oxygens (including phenoxy) is 3. The minimum absolute atomic E-state index is 0.0487. The van der Waals surface area contributed by atoms with Gasteiger partial charge in [0.2, 0.25) is 5.88 Å². The van der Waals surface area contributed by atoms with Crippen molar-refractivity contribution in [3.05, 3.63) is 29.5 Å². The third-order valence-corrected chi connectivity index (χ3v) is 2.57. The first-order valence-electron chi connectivity index (χ1n) is 6.98. The molecule has 1 aromatic heterocycles. The first-order chi connectivity index (χ1) is 10.5. The Bertz CT molecular complexity index is 532. The second-order valence-corrected chi connectivity index (χ2v) is 4.05. The summed E-state index contributed by atoms with van der Waals surface area (Å²) >= 11 is 0. The first kappa shape index (κ1) is 17.5. The number of rotatable bonds is 7. The van der Waals surface area contributed by atoms with Crippen molar-refractivity contribution >= 4 is 17.6 Å². The maximum Gasteiger partial charge on any atom is 0.347 e. The second-order valence-electron chi connectivity index (χ2n) is 4.05. The van der Waals surface area contributed by atoms with Crippen LogP contribution in [0.2, 0.25) is 0 Å². The van der Waals surface area contributed by atoms with E-state index in [-0.39, 0.29) is 24.5 Å². The van der Waals surface area contributed by atoms with Gasteiger partial charge in [-0.15, -0.1) is 0 Å². The molecule has 0 aromatic carbocycles. The van der Waals surface area contributed by atoms with Crippen molar-refractivity contribution < 1.29 is 23.8 Å². The van der Waals surface area contributed by atoms with Crippen molar-refractivity contribution in [1.29, 1.82) is 0 Å². The number of esters is 2. The average molecular weight is 308 g/mol. The standard InChI is InChI=1S/C15H20N2O5/c1-4-20-11-8-7-10(9-17-11)13(16)12(14(18)21-5-2)15(19)22-6-3/h7-9H,4-6,16H2,1-3H3. The lowest BCUT2D eigenvalue weighted by molar-refractivity contribution is -0.146. The molecule has 0 unspecified atom stereocenters. The van der Waals surface area contributed by atoms with Gasteiger partial charge in [0.15, 0.2) is 5.57 Å². The number of hydrogen-bond donors (Lipinski definition) is 1. The van der Waals surface area contributed by atoms with E-state index in [4.69, 9.17) is 19.9 Å². The molecule has 7 nitrogen and oxygen atoms in total. The van der Waals surface area contributed by atoms with Crippen LogP contribution in [-0.2, 0) is 19.1 Å². The minimum atomic E-state index is -0.827. The Labute approximate surface area is 129 Å². The predicted molar refractivity (Wildman–Crippen MR) is 79.8 cm³/mol. The predicted octanol–water partition coefficient (Wildman–Crippen LogP) is 1.28. The molecule has 7 heteroatoms. The van der Waals surface area contributed by atoms with Crippen molar-refractivity contribution in [2.24, 2.45) is 5.73 Å². The zero-order valence-corrected chi connectivity index (χ0v) is 12.9. The number of carbonyl (C=O) groups excluding carboxylic acids is 2. The molecular formula is C15H20N2O5. The lowest BCUT2D eigenvalue weighted by Gasteiger charge is -2.11. The molecule has 0 spiro atoms. The Balaban J connectivity index is 3.19. The lowest BCUT2D eigenvalue weighted by atomic mass is 10.1. The maximum absolute atomic E-state index is 11.9. The number of nitrogens with two attached hydrogens (primary N) is 1. The number of nitrogens with zero attached hydrogens (tertiary/aromatic N) is 1. The van der Waals surface area contributed by atoms with Gasteiger partial charge in [-0.2, -0.15) is 0 Å². The van der Waals surface area contributed by atoms with Gasteiger partial charge in [0.05, 0.1) is 25.5 Å². The highest BCUT2D eigenvalue weighted by Crippen LogP contribution is 2.18. The molecule has 0 saturated heterocycles. The van der Waals surface area contributed by atoms with E-state index in [1.54, 1.807) is 26.0 Å². The third-order valence-electron chi connectivity index (χ3n) is 2.57. The molecule has 0 radical (unpaired) electrons. The van der Waals surface area contributed by atoms with E-state index in [0.29, 0.717) is 18.1 Å². The molecule has 0 atom stereocenters. The SMILES string of the molecule is CCOC(=O)C(C(=O)OCC)=C(N)c1ccc(OCC)nc1. The molecule has 2 N–H and O–H groups in total. The van der Waals surface area contributed by atoms with Gasteiger partial charge in [0.25, 0.3) is 0 Å². The number of carbonyl (C=O) groups is 2. The van der Waals surface area contributed by atoms with Crippen LogP contribution in [0.1, 0.15) is 26.3 Å². The van der Waals surface area contributed by atoms with Crippen molar-refractivity contribution in [3.63, 3.8) is 0 Å². The van der Waals surface area contributed by atoms with Crippen LogP contribution in [0, 0.1) is 0 Å². The quantitative estimate of drug-likeness (QED) is 0.350. The fourth-order valence-electron chi connectivity index (χ4n) is 1.63. The molecule has 0 fully saturated rings. The number of aromatic nitrogens is 1. The van der Waals surface area contributed by atoms with Crippen LogP contribution >= 0.6 is 0 Å². The van der Waals surface area contributed by atoms with Crippen LogP contribution in [0.4, 0.5) is 0 Å². The molecule has 1 aromatic rings. The van der Waals surface area contributed by atoms with E-state index < -0.39 is 11.9 Å². The molecule has 0 bridgehead atoms. The van der Waals surface area contributed by atoms with Crippen LogP contribution in [-0.4, -0.2) is 36.7 Å². The molecule has 22 heavy (non-hydrogen) atoms. The summed E-state index contributed by atoms with van der Waals surface area (Å²) in [6.07, 6.45) is 1.42. The topological polar surface area (TPSA) is 101 Å². The Kier molecular flexibility index (Phi) is 6.88. The first-order valence-corrected chi connectivity index (χ1v) is 6.98. The fraction of sp³-hybridized carbons (Fsp3) is 0.400. The van der Waals surface area contributed by atoms with E-state index in [2.05, 4.69) is 4.98 Å². The van der Waals surface area contributed by atoms with Gasteiger partial charge in [-0.05, 0) is 26.8 Å². The lowest BCUT2D eigenvalue weighted by Crippen LogP contribution is -2.22. The summed E-state index contributed by atoms with van der Waals surface area (Å²) in [5.41, 5.74) is 5.94. The normalized spacial score (nSPS) is 9.77. The molecule has 0 aliphatic rings. The smallest absolute Gasteiger partial charge is 0.347 e. The van der Waals surface area contributed by atoms with Crippen LogP contribution in [0.25, 0.3) is 5.70 Å². The highest BCUT2D eigenvalue weighted by Gasteiger charge is 2.25. The van der Waals surface area contributed by atoms with Gasteiger partial charge in [0, 0.05) is 17.8 Å². The molecule has 0 saturated carbocycles. The average Bonchev–Trinajstić information content (AvgIpc) is 2.49. The van der Waals surface area contributed by atoms with Gasteiger partial charge in [-0.3, -0.25) is 0 Å². The van der Waals surface area contributed by atoms with E-state index in [0.717, 1.165) is 0 Å². The van der Waals surface area contributed by atoms with Crippen molar-refractivity contribution in [1.82, 2.24) is 4.98 Å². The number of pyridine rings is 1. The highest BCUT2D eigenvalue weighted by molar-refractivity contribution is 6.19. The molecule has 0 amide bonds. The summed E-state index contributed by atoms with van der Waals surface area (Å²) in [4.78, 5) is 27.9. The minimum Gasteiger partial charge on any atom is -0.478 e. The summed E-state index contributed by atoms with van der Waals surface area (Å²) < 4.78 is 14.9. The molecule has 0 aliphatic heterocycles. The third kappa shape index (κ3) is 4.47. The van der Waals surface area contributed by atoms with Crippen molar-refractivity contribution in [2.75, 3.05) is 19.8 Å². The van der Waals surface area contributed by atoms with Crippen LogP contribution < -0.4 is 10.5 Å². The summed E-state index contributed by atoms with van der Waals surface area (Å²) in [5.74, 6) is -1.23. The van der Waals surface area contributed by atoms with Crippen molar-refractivity contribution in [3.8, 4) is 5.88 Å². The van der Waals surface area contributed by atoms with Gasteiger partial charge in [0.1, 0.15) is 0 Å². The van der Waals surface area contributed by atoms with Gasteiger partial charge in [-0.25, -0.2) is 14.6 Å². The summed E-state index contributed by atoms with van der Waals surface area (Å²) in [6.45, 7) is 5.83. The molecule has 1 rings (SSSR count). The van der Waals surface area contributed by atoms with E-state index >= 15 is 0 Å². The van der Waals surface area contributed by atoms with Gasteiger partial charge >= 0.3 is 11.9 Å². The summed E-state index contributed by atoms with van der Waals surface area (Å²) in [7, 11) is 0. The molecular weight excluding hydrogens is 288 g/mol. The monoisotopic (exact) mass is 308 g/mol. The fourth-order valence-corrected chi connectivity index (χ4v) is 1.63. The highest BCUT2D eigenvalue weighted by atomic mass is 16.6. The molecule has 120 valence electrons. The van der Waals surface area contributed by atoms with E-state index in [1.165, 1.54) is 6.20 Å². The van der Waals surface area contributed by atoms with Crippen LogP contribution in [0.15, 0.2) is 23.9 Å². The van der Waals surface area contributed by atoms with Crippen molar-refractivity contribution in [2.45, 2.75) is 20.8 Å². The largest absolute Gasteiger partial charge is 0.478 e. The van der Waals surface area contributed by atoms with Crippen LogP contribution in [0.3, 0.4) is 0 Å². The zero-order valence-electron chi connectivity index (χ0n) is 12.9.